The maximum atomic E-state index is 13.0. The fraction of sp³-hybridized carbons (Fsp3) is 0.400. The van der Waals surface area contributed by atoms with Gasteiger partial charge in [-0.25, -0.2) is 14.6 Å². The molecule has 1 amide bonds. The number of aromatic nitrogens is 4. The van der Waals surface area contributed by atoms with Gasteiger partial charge in [0.25, 0.3) is 11.9 Å². The van der Waals surface area contributed by atoms with E-state index in [1.807, 2.05) is 36.4 Å². The van der Waals surface area contributed by atoms with E-state index in [4.69, 9.17) is 4.98 Å². The summed E-state index contributed by atoms with van der Waals surface area (Å²) in [5.41, 5.74) is 3.39. The first-order valence-corrected chi connectivity index (χ1v) is 10.2. The van der Waals surface area contributed by atoms with Crippen LogP contribution in [0.3, 0.4) is 0 Å². The van der Waals surface area contributed by atoms with E-state index in [2.05, 4.69) is 16.1 Å². The summed E-state index contributed by atoms with van der Waals surface area (Å²) >= 11 is 1.65. The molecule has 0 radical (unpaired) electrons. The average Bonchev–Trinajstić information content (AvgIpc) is 3.46. The number of aryl methyl sites for hydroxylation is 1. The Bertz CT molecular complexity index is 1010. The van der Waals surface area contributed by atoms with Crippen LogP contribution in [0.25, 0.3) is 16.5 Å². The van der Waals surface area contributed by atoms with Gasteiger partial charge in [0.15, 0.2) is 0 Å². The van der Waals surface area contributed by atoms with Crippen molar-refractivity contribution in [2.75, 3.05) is 6.54 Å². The molecule has 1 aliphatic carbocycles. The van der Waals surface area contributed by atoms with Gasteiger partial charge in [-0.05, 0) is 56.0 Å². The number of carbonyl (C=O) groups excluding carboxylic acids is 1. The zero-order valence-electron chi connectivity index (χ0n) is 15.4. The first-order valence-electron chi connectivity index (χ1n) is 9.35. The summed E-state index contributed by atoms with van der Waals surface area (Å²) in [6.45, 7) is 4.81. The molecule has 2 aliphatic rings. The van der Waals surface area contributed by atoms with Crippen molar-refractivity contribution in [3.8, 4) is 16.5 Å². The van der Waals surface area contributed by atoms with Crippen LogP contribution in [-0.4, -0.2) is 43.1 Å². The number of rotatable bonds is 3. The number of likely N-dealkylation sites (tertiary alicyclic amines) is 1. The minimum Gasteiger partial charge on any atom is -0.335 e. The van der Waals surface area contributed by atoms with E-state index in [1.165, 1.54) is 6.42 Å². The van der Waals surface area contributed by atoms with Gasteiger partial charge < -0.3 is 4.90 Å². The van der Waals surface area contributed by atoms with Crippen LogP contribution in [-0.2, 0) is 0 Å². The molecule has 3 aromatic rings. The van der Waals surface area contributed by atoms with Crippen LogP contribution in [0.15, 0.2) is 29.9 Å². The lowest BCUT2D eigenvalue weighted by molar-refractivity contribution is 0.0703. The highest BCUT2D eigenvalue weighted by Gasteiger charge is 2.41. The fourth-order valence-corrected chi connectivity index (χ4v) is 5.13. The third-order valence-electron chi connectivity index (χ3n) is 5.81. The van der Waals surface area contributed by atoms with E-state index in [-0.39, 0.29) is 5.91 Å². The molecule has 0 aromatic carbocycles. The van der Waals surface area contributed by atoms with Crippen molar-refractivity contribution in [3.63, 3.8) is 0 Å². The maximum Gasteiger partial charge on any atom is 0.257 e. The van der Waals surface area contributed by atoms with Gasteiger partial charge in [0, 0.05) is 18.8 Å². The molecule has 0 unspecified atom stereocenters. The van der Waals surface area contributed by atoms with E-state index >= 15 is 0 Å². The van der Waals surface area contributed by atoms with Gasteiger partial charge in [-0.15, -0.1) is 11.3 Å². The van der Waals surface area contributed by atoms with E-state index in [1.54, 1.807) is 22.2 Å². The lowest BCUT2D eigenvalue weighted by Gasteiger charge is -2.26. The molecule has 0 N–H and O–H groups in total. The third kappa shape index (κ3) is 2.68. The Balaban J connectivity index is 1.49. The number of amides is 1. The Morgan fingerprint density at radius 1 is 1.26 bits per heavy atom. The van der Waals surface area contributed by atoms with Gasteiger partial charge >= 0.3 is 0 Å². The predicted octanol–water partition coefficient (Wildman–Crippen LogP) is 3.63. The third-order valence-corrected chi connectivity index (χ3v) is 6.69. The molecule has 27 heavy (non-hydrogen) atoms. The van der Waals surface area contributed by atoms with E-state index < -0.39 is 0 Å². The van der Waals surface area contributed by atoms with E-state index in [0.717, 1.165) is 41.2 Å². The maximum absolute atomic E-state index is 13.0. The molecule has 2 bridgehead atoms. The minimum atomic E-state index is 0.0940. The van der Waals surface area contributed by atoms with E-state index in [9.17, 15) is 4.79 Å². The molecule has 1 saturated heterocycles. The van der Waals surface area contributed by atoms with Crippen molar-refractivity contribution in [2.45, 2.75) is 39.2 Å². The van der Waals surface area contributed by atoms with Crippen molar-refractivity contribution in [1.82, 2.24) is 24.6 Å². The smallest absolute Gasteiger partial charge is 0.257 e. The predicted molar refractivity (Wildman–Crippen MR) is 104 cm³/mol. The summed E-state index contributed by atoms with van der Waals surface area (Å²) in [4.78, 5) is 25.4. The number of nitrogens with zero attached hydrogens (tertiary/aromatic N) is 5. The molecular formula is C20H21N5OS. The Kier molecular flexibility index (Phi) is 3.86. The molecule has 2 atom stereocenters. The molecule has 0 spiro atoms. The van der Waals surface area contributed by atoms with Gasteiger partial charge in [-0.1, -0.05) is 6.07 Å². The SMILES string of the molecule is Cc1cnc(-n2ncc(C(=O)N3C[C@@H]4CC[C@@H]3C4)c2C)nc1-c1cccs1. The van der Waals surface area contributed by atoms with Gasteiger partial charge in [0.2, 0.25) is 0 Å². The number of carbonyl (C=O) groups is 1. The summed E-state index contributed by atoms with van der Waals surface area (Å²) in [5.74, 6) is 1.28. The van der Waals surface area contributed by atoms with Crippen molar-refractivity contribution in [2.24, 2.45) is 5.92 Å². The van der Waals surface area contributed by atoms with Crippen molar-refractivity contribution in [3.05, 3.63) is 46.7 Å². The molecule has 1 aliphatic heterocycles. The molecule has 6 nitrogen and oxygen atoms in total. The van der Waals surface area contributed by atoms with Gasteiger partial charge in [-0.3, -0.25) is 4.79 Å². The summed E-state index contributed by atoms with van der Waals surface area (Å²) in [5, 5.41) is 6.48. The van der Waals surface area contributed by atoms with Crippen molar-refractivity contribution in [1.29, 1.82) is 0 Å². The molecule has 4 heterocycles. The summed E-state index contributed by atoms with van der Waals surface area (Å²) in [7, 11) is 0. The largest absolute Gasteiger partial charge is 0.335 e. The summed E-state index contributed by atoms with van der Waals surface area (Å²) in [6, 6.07) is 4.48. The van der Waals surface area contributed by atoms with Gasteiger partial charge in [0.05, 0.1) is 28.0 Å². The molecular weight excluding hydrogens is 358 g/mol. The zero-order valence-corrected chi connectivity index (χ0v) is 16.2. The quantitative estimate of drug-likeness (QED) is 0.697. The minimum absolute atomic E-state index is 0.0940. The van der Waals surface area contributed by atoms with Crippen molar-refractivity contribution < 1.29 is 4.79 Å². The zero-order chi connectivity index (χ0) is 18.5. The second-order valence-electron chi connectivity index (χ2n) is 7.52. The Morgan fingerprint density at radius 2 is 2.15 bits per heavy atom. The van der Waals surface area contributed by atoms with E-state index in [0.29, 0.717) is 23.5 Å². The Hall–Kier alpha value is -2.54. The first kappa shape index (κ1) is 16.6. The number of piperidine rings is 1. The van der Waals surface area contributed by atoms with Crippen LogP contribution < -0.4 is 0 Å². The molecule has 7 heteroatoms. The Labute approximate surface area is 161 Å². The highest BCUT2D eigenvalue weighted by Crippen LogP contribution is 2.38. The van der Waals surface area contributed by atoms with Crippen LogP contribution >= 0.6 is 11.3 Å². The van der Waals surface area contributed by atoms with Gasteiger partial charge in [0.1, 0.15) is 0 Å². The number of fused-ring (bicyclic) bond motifs is 2. The van der Waals surface area contributed by atoms with Crippen LogP contribution in [0.1, 0.15) is 40.9 Å². The molecule has 2 fully saturated rings. The summed E-state index contributed by atoms with van der Waals surface area (Å²) in [6.07, 6.45) is 7.03. The monoisotopic (exact) mass is 379 g/mol. The fourth-order valence-electron chi connectivity index (χ4n) is 4.35. The number of thiophene rings is 1. The van der Waals surface area contributed by atoms with Crippen molar-refractivity contribution >= 4 is 17.2 Å². The first-order chi connectivity index (χ1) is 13.1. The molecule has 1 saturated carbocycles. The lowest BCUT2D eigenvalue weighted by atomic mass is 10.1. The normalized spacial score (nSPS) is 21.2. The number of hydrogen-bond acceptors (Lipinski definition) is 5. The molecule has 3 aromatic heterocycles. The topological polar surface area (TPSA) is 63.9 Å². The van der Waals surface area contributed by atoms with Crippen LogP contribution in [0.2, 0.25) is 0 Å². The number of hydrogen-bond donors (Lipinski definition) is 0. The second kappa shape index (κ2) is 6.27. The summed E-state index contributed by atoms with van der Waals surface area (Å²) < 4.78 is 1.68. The average molecular weight is 379 g/mol. The molecule has 138 valence electrons. The molecule has 5 rings (SSSR count). The van der Waals surface area contributed by atoms with Gasteiger partial charge in [-0.2, -0.15) is 5.10 Å². The standard InChI is InChI=1S/C20H21N5OS/c1-12-9-21-20(23-18(12)17-4-3-7-27-17)25-13(2)16(10-22-25)19(26)24-11-14-5-6-15(24)8-14/h3-4,7,9-10,14-15H,5-6,8,11H2,1-2H3/t14-,15-/m1/s1. The van der Waals surface area contributed by atoms with Crippen LogP contribution in [0, 0.1) is 19.8 Å². The lowest BCUT2D eigenvalue weighted by Crippen LogP contribution is -2.37. The van der Waals surface area contributed by atoms with Crippen LogP contribution in [0.4, 0.5) is 0 Å². The second-order valence-corrected chi connectivity index (χ2v) is 8.47. The Morgan fingerprint density at radius 3 is 2.85 bits per heavy atom. The highest BCUT2D eigenvalue weighted by atomic mass is 32.1. The van der Waals surface area contributed by atoms with Crippen LogP contribution in [0.5, 0.6) is 0 Å². The highest BCUT2D eigenvalue weighted by molar-refractivity contribution is 7.13.